The normalized spacial score (nSPS) is 17.8. The maximum absolute atomic E-state index is 5.56. The quantitative estimate of drug-likeness (QED) is 0.718. The van der Waals surface area contributed by atoms with Gasteiger partial charge >= 0.3 is 0 Å². The highest BCUT2D eigenvalue weighted by molar-refractivity contribution is 5.12. The molecular weight excluding hydrogens is 152 g/mol. The molecule has 12 heavy (non-hydrogen) atoms. The van der Waals surface area contributed by atoms with Gasteiger partial charge in [0.25, 0.3) is 0 Å². The molecule has 2 rings (SSSR count). The van der Waals surface area contributed by atoms with Crippen LogP contribution in [0.1, 0.15) is 30.2 Å². The molecule has 66 valence electrons. The predicted molar refractivity (Wildman–Crippen MR) is 46.2 cm³/mol. The number of nitrogens with zero attached hydrogens (tertiary/aromatic N) is 1. The molecule has 0 bridgehead atoms. The summed E-state index contributed by atoms with van der Waals surface area (Å²) in [6, 6.07) is 0. The monoisotopic (exact) mass is 166 g/mol. The lowest BCUT2D eigenvalue weighted by molar-refractivity contribution is 0.350. The van der Waals surface area contributed by atoms with Crippen molar-refractivity contribution in [3.05, 3.63) is 17.3 Å². The van der Waals surface area contributed by atoms with Crippen LogP contribution in [-0.2, 0) is 6.42 Å². The average molecular weight is 166 g/mol. The van der Waals surface area contributed by atoms with E-state index in [4.69, 9.17) is 4.42 Å². The molecule has 2 heterocycles. The first kappa shape index (κ1) is 7.80. The van der Waals surface area contributed by atoms with E-state index >= 15 is 0 Å². The lowest BCUT2D eigenvalue weighted by Crippen LogP contribution is -2.40. The van der Waals surface area contributed by atoms with Crippen LogP contribution >= 0.6 is 0 Å². The minimum Gasteiger partial charge on any atom is -0.445 e. The van der Waals surface area contributed by atoms with Crippen molar-refractivity contribution in [2.24, 2.45) is 0 Å². The van der Waals surface area contributed by atoms with E-state index in [-0.39, 0.29) is 0 Å². The molecule has 0 amide bonds. The average Bonchev–Trinajstić information content (AvgIpc) is 2.27. The molecule has 0 saturated carbocycles. The van der Waals surface area contributed by atoms with Crippen LogP contribution in [0, 0.1) is 6.92 Å². The summed E-state index contributed by atoms with van der Waals surface area (Å²) in [6.45, 7) is 6.13. The van der Waals surface area contributed by atoms with Gasteiger partial charge in [-0.3, -0.25) is 0 Å². The number of aromatic nitrogens is 1. The summed E-state index contributed by atoms with van der Waals surface area (Å²) in [5.74, 6) is 2.42. The molecule has 0 unspecified atom stereocenters. The van der Waals surface area contributed by atoms with Crippen molar-refractivity contribution in [3.8, 4) is 0 Å². The van der Waals surface area contributed by atoms with E-state index in [1.165, 1.54) is 0 Å². The van der Waals surface area contributed by atoms with Crippen molar-refractivity contribution in [1.82, 2.24) is 10.3 Å². The van der Waals surface area contributed by atoms with E-state index < -0.39 is 0 Å². The third kappa shape index (κ3) is 1.14. The predicted octanol–water partition coefficient (Wildman–Crippen LogP) is 1.23. The second-order valence-electron chi connectivity index (χ2n) is 3.26. The Hall–Kier alpha value is -0.830. The van der Waals surface area contributed by atoms with E-state index in [1.54, 1.807) is 0 Å². The van der Waals surface area contributed by atoms with Crippen LogP contribution in [0.15, 0.2) is 4.42 Å². The minimum atomic E-state index is 0.518. The van der Waals surface area contributed by atoms with Crippen molar-refractivity contribution in [1.29, 1.82) is 0 Å². The number of oxazole rings is 1. The molecule has 1 fully saturated rings. The SMILES string of the molecule is CCc1nc(C2CNC2)oc1C. The first-order valence-corrected chi connectivity index (χ1v) is 4.48. The van der Waals surface area contributed by atoms with Crippen LogP contribution < -0.4 is 5.32 Å². The van der Waals surface area contributed by atoms with Gasteiger partial charge in [-0.15, -0.1) is 0 Å². The van der Waals surface area contributed by atoms with Crippen molar-refractivity contribution in [2.45, 2.75) is 26.2 Å². The number of hydrogen-bond donors (Lipinski definition) is 1. The van der Waals surface area contributed by atoms with Gasteiger partial charge in [0.1, 0.15) is 5.76 Å². The lowest BCUT2D eigenvalue weighted by Gasteiger charge is -2.23. The van der Waals surface area contributed by atoms with E-state index in [2.05, 4.69) is 17.2 Å². The van der Waals surface area contributed by atoms with Crippen molar-refractivity contribution >= 4 is 0 Å². The van der Waals surface area contributed by atoms with Crippen molar-refractivity contribution in [2.75, 3.05) is 13.1 Å². The standard InChI is InChI=1S/C9H14N2O/c1-3-8-6(2)12-9(11-8)7-4-10-5-7/h7,10H,3-5H2,1-2H3. The molecule has 1 aromatic rings. The number of nitrogens with one attached hydrogen (secondary N) is 1. The van der Waals surface area contributed by atoms with Gasteiger partial charge in [0.15, 0.2) is 5.89 Å². The summed E-state index contributed by atoms with van der Waals surface area (Å²) >= 11 is 0. The zero-order chi connectivity index (χ0) is 8.55. The first-order valence-electron chi connectivity index (χ1n) is 4.48. The number of rotatable bonds is 2. The molecule has 1 N–H and O–H groups in total. The van der Waals surface area contributed by atoms with Crippen LogP contribution in [-0.4, -0.2) is 18.1 Å². The van der Waals surface area contributed by atoms with Gasteiger partial charge in [-0.25, -0.2) is 4.98 Å². The van der Waals surface area contributed by atoms with Crippen molar-refractivity contribution in [3.63, 3.8) is 0 Å². The molecule has 0 spiro atoms. The fourth-order valence-corrected chi connectivity index (χ4v) is 1.42. The maximum atomic E-state index is 5.56. The summed E-state index contributed by atoms with van der Waals surface area (Å²) < 4.78 is 5.56. The molecule has 1 aromatic heterocycles. The molecule has 1 aliphatic heterocycles. The summed E-state index contributed by atoms with van der Waals surface area (Å²) in [4.78, 5) is 4.44. The third-order valence-electron chi connectivity index (χ3n) is 2.37. The fourth-order valence-electron chi connectivity index (χ4n) is 1.42. The molecule has 3 heteroatoms. The molecule has 0 radical (unpaired) electrons. The summed E-state index contributed by atoms with van der Waals surface area (Å²) in [5, 5.41) is 3.21. The van der Waals surface area contributed by atoms with E-state index in [9.17, 15) is 0 Å². The van der Waals surface area contributed by atoms with Crippen LogP contribution in [0.3, 0.4) is 0 Å². The molecule has 3 nitrogen and oxygen atoms in total. The number of aryl methyl sites for hydroxylation is 2. The Morgan fingerprint density at radius 1 is 1.58 bits per heavy atom. The largest absolute Gasteiger partial charge is 0.445 e. The van der Waals surface area contributed by atoms with E-state index in [0.717, 1.165) is 36.9 Å². The van der Waals surface area contributed by atoms with Gasteiger partial charge in [-0.05, 0) is 13.3 Å². The van der Waals surface area contributed by atoms with Gasteiger partial charge in [0.05, 0.1) is 11.6 Å². The molecule has 1 saturated heterocycles. The second kappa shape index (κ2) is 2.90. The van der Waals surface area contributed by atoms with Crippen LogP contribution in [0.5, 0.6) is 0 Å². The Labute approximate surface area is 72.2 Å². The minimum absolute atomic E-state index is 0.518. The van der Waals surface area contributed by atoms with E-state index in [0.29, 0.717) is 5.92 Å². The summed E-state index contributed by atoms with van der Waals surface area (Å²) in [7, 11) is 0. The molecule has 0 aromatic carbocycles. The Morgan fingerprint density at radius 2 is 2.33 bits per heavy atom. The van der Waals surface area contributed by atoms with Gasteiger partial charge in [0.2, 0.25) is 0 Å². The third-order valence-corrected chi connectivity index (χ3v) is 2.37. The Bertz CT molecular complexity index is 276. The Kier molecular flexibility index (Phi) is 1.89. The van der Waals surface area contributed by atoms with Gasteiger partial charge in [-0.2, -0.15) is 0 Å². The van der Waals surface area contributed by atoms with Gasteiger partial charge in [-0.1, -0.05) is 6.92 Å². The summed E-state index contributed by atoms with van der Waals surface area (Å²) in [6.07, 6.45) is 0.968. The van der Waals surface area contributed by atoms with E-state index in [1.807, 2.05) is 6.92 Å². The first-order chi connectivity index (χ1) is 5.81. The summed E-state index contributed by atoms with van der Waals surface area (Å²) in [5.41, 5.74) is 1.11. The highest BCUT2D eigenvalue weighted by atomic mass is 16.4. The zero-order valence-electron chi connectivity index (χ0n) is 7.55. The van der Waals surface area contributed by atoms with Crippen molar-refractivity contribution < 1.29 is 4.42 Å². The number of hydrogen-bond acceptors (Lipinski definition) is 3. The van der Waals surface area contributed by atoms with Gasteiger partial charge < -0.3 is 9.73 Å². The lowest BCUT2D eigenvalue weighted by atomic mass is 10.0. The Morgan fingerprint density at radius 3 is 2.75 bits per heavy atom. The van der Waals surface area contributed by atoms with Crippen LogP contribution in [0.4, 0.5) is 0 Å². The second-order valence-corrected chi connectivity index (χ2v) is 3.26. The molecule has 0 atom stereocenters. The Balaban J connectivity index is 2.21. The highest BCUT2D eigenvalue weighted by Crippen LogP contribution is 2.21. The van der Waals surface area contributed by atoms with Gasteiger partial charge in [0, 0.05) is 13.1 Å². The fraction of sp³-hybridized carbons (Fsp3) is 0.667. The highest BCUT2D eigenvalue weighted by Gasteiger charge is 2.24. The maximum Gasteiger partial charge on any atom is 0.200 e. The molecular formula is C9H14N2O. The molecule has 0 aliphatic carbocycles. The van der Waals surface area contributed by atoms with Crippen LogP contribution in [0.2, 0.25) is 0 Å². The zero-order valence-corrected chi connectivity index (χ0v) is 7.55. The smallest absolute Gasteiger partial charge is 0.200 e. The van der Waals surface area contributed by atoms with Crippen LogP contribution in [0.25, 0.3) is 0 Å². The topological polar surface area (TPSA) is 38.1 Å². The molecule has 1 aliphatic rings.